The molecule has 1 aliphatic rings. The summed E-state index contributed by atoms with van der Waals surface area (Å²) in [5, 5.41) is 11.0. The zero-order valence-corrected chi connectivity index (χ0v) is 14.0. The van der Waals surface area contributed by atoms with E-state index in [1.165, 1.54) is 0 Å². The van der Waals surface area contributed by atoms with Crippen molar-refractivity contribution >= 4 is 28.4 Å². The zero-order chi connectivity index (χ0) is 16.2. The predicted molar refractivity (Wildman–Crippen MR) is 92.6 cm³/mol. The number of aromatic nitrogens is 1. The van der Waals surface area contributed by atoms with Gasteiger partial charge in [-0.25, -0.2) is 0 Å². The van der Waals surface area contributed by atoms with Crippen molar-refractivity contribution < 1.29 is 9.90 Å². The van der Waals surface area contributed by atoms with Crippen LogP contribution in [-0.4, -0.2) is 40.2 Å². The van der Waals surface area contributed by atoms with E-state index >= 15 is 0 Å². The third kappa shape index (κ3) is 3.88. The minimum atomic E-state index is 0.237. The zero-order valence-electron chi connectivity index (χ0n) is 13.2. The fraction of sp³-hybridized carbons (Fsp3) is 0.500. The first-order chi connectivity index (χ1) is 11.2. The van der Waals surface area contributed by atoms with E-state index in [0.717, 1.165) is 54.8 Å². The molecule has 3 rings (SSSR count). The first-order valence-electron chi connectivity index (χ1n) is 8.30. The van der Waals surface area contributed by atoms with Crippen LogP contribution in [0, 0.1) is 5.92 Å². The van der Waals surface area contributed by atoms with Crippen LogP contribution in [-0.2, 0) is 11.3 Å². The van der Waals surface area contributed by atoms with Gasteiger partial charge in [-0.05, 0) is 49.4 Å². The second-order valence-corrected chi connectivity index (χ2v) is 6.76. The average molecular weight is 335 g/mol. The molecule has 1 N–H and O–H groups in total. The Hall–Kier alpha value is -1.52. The van der Waals surface area contributed by atoms with Crippen LogP contribution in [0.5, 0.6) is 0 Å². The van der Waals surface area contributed by atoms with Crippen molar-refractivity contribution in [2.75, 3.05) is 19.7 Å². The molecule has 1 aromatic heterocycles. The smallest absolute Gasteiger partial charge is 0.222 e. The number of aliphatic hydroxyl groups excluding tert-OH is 1. The van der Waals surface area contributed by atoms with Crippen molar-refractivity contribution in [2.24, 2.45) is 5.92 Å². The molecular weight excluding hydrogens is 312 g/mol. The van der Waals surface area contributed by atoms with Gasteiger partial charge in [-0.1, -0.05) is 11.6 Å². The minimum Gasteiger partial charge on any atom is -0.396 e. The lowest BCUT2D eigenvalue weighted by molar-refractivity contribution is -0.132. The molecule has 4 nitrogen and oxygen atoms in total. The van der Waals surface area contributed by atoms with Gasteiger partial charge in [-0.3, -0.25) is 4.79 Å². The van der Waals surface area contributed by atoms with Crippen LogP contribution in [0.25, 0.3) is 10.9 Å². The maximum Gasteiger partial charge on any atom is 0.222 e. The molecule has 0 atom stereocenters. The van der Waals surface area contributed by atoms with E-state index < -0.39 is 0 Å². The number of rotatable bonds is 5. The van der Waals surface area contributed by atoms with Crippen LogP contribution in [0.1, 0.15) is 25.7 Å². The molecule has 2 heterocycles. The summed E-state index contributed by atoms with van der Waals surface area (Å²) in [6, 6.07) is 7.95. The summed E-state index contributed by atoms with van der Waals surface area (Å²) in [4.78, 5) is 14.2. The largest absolute Gasteiger partial charge is 0.396 e. The number of aliphatic hydroxyl groups is 1. The molecule has 0 saturated carbocycles. The van der Waals surface area contributed by atoms with Gasteiger partial charge in [0, 0.05) is 54.8 Å². The molecule has 0 spiro atoms. The molecule has 5 heteroatoms. The summed E-state index contributed by atoms with van der Waals surface area (Å²) < 4.78 is 2.18. The molecule has 0 bridgehead atoms. The summed E-state index contributed by atoms with van der Waals surface area (Å²) in [6.07, 6.45) is 5.32. The van der Waals surface area contributed by atoms with Crippen molar-refractivity contribution in [1.29, 1.82) is 0 Å². The Morgan fingerprint density at radius 1 is 1.26 bits per heavy atom. The SMILES string of the molecule is O=C(CCCn1ccc2cc(Cl)ccc21)N1CCC(CO)CC1. The number of hydrogen-bond donors (Lipinski definition) is 1. The number of likely N-dealkylation sites (tertiary alicyclic amines) is 1. The van der Waals surface area contributed by atoms with E-state index in [1.807, 2.05) is 23.1 Å². The van der Waals surface area contributed by atoms with Crippen molar-refractivity contribution in [3.63, 3.8) is 0 Å². The lowest BCUT2D eigenvalue weighted by atomic mass is 9.97. The summed E-state index contributed by atoms with van der Waals surface area (Å²) in [5.41, 5.74) is 1.16. The number of piperidine rings is 1. The molecule has 0 radical (unpaired) electrons. The first-order valence-corrected chi connectivity index (χ1v) is 8.68. The molecule has 2 aromatic rings. The molecule has 1 saturated heterocycles. The lowest BCUT2D eigenvalue weighted by Crippen LogP contribution is -2.39. The van der Waals surface area contributed by atoms with Gasteiger partial charge in [0.2, 0.25) is 5.91 Å². The Labute approximate surface area is 141 Å². The number of carbonyl (C=O) groups excluding carboxylic acids is 1. The van der Waals surface area contributed by atoms with E-state index in [-0.39, 0.29) is 12.5 Å². The van der Waals surface area contributed by atoms with Crippen LogP contribution in [0.2, 0.25) is 5.02 Å². The second kappa shape index (κ2) is 7.37. The summed E-state index contributed by atoms with van der Waals surface area (Å²) in [7, 11) is 0. The van der Waals surface area contributed by atoms with Gasteiger partial charge in [0.15, 0.2) is 0 Å². The number of halogens is 1. The molecule has 1 fully saturated rings. The number of aryl methyl sites for hydroxylation is 1. The maximum atomic E-state index is 12.3. The van der Waals surface area contributed by atoms with Gasteiger partial charge < -0.3 is 14.6 Å². The van der Waals surface area contributed by atoms with Crippen LogP contribution in [0.4, 0.5) is 0 Å². The number of amides is 1. The standard InChI is InChI=1S/C18H23ClN2O2/c19-16-3-4-17-15(12-16)7-11-20(17)8-1-2-18(23)21-9-5-14(13-22)6-10-21/h3-4,7,11-12,14,22H,1-2,5-6,8-10,13H2. The van der Waals surface area contributed by atoms with E-state index in [2.05, 4.69) is 16.8 Å². The fourth-order valence-electron chi connectivity index (χ4n) is 3.29. The molecular formula is C18H23ClN2O2. The Balaban J connectivity index is 1.50. The monoisotopic (exact) mass is 334 g/mol. The van der Waals surface area contributed by atoms with E-state index in [1.54, 1.807) is 0 Å². The summed E-state index contributed by atoms with van der Waals surface area (Å²) >= 11 is 6.01. The Morgan fingerprint density at radius 3 is 2.78 bits per heavy atom. The van der Waals surface area contributed by atoms with Crippen molar-refractivity contribution in [2.45, 2.75) is 32.2 Å². The van der Waals surface area contributed by atoms with Crippen LogP contribution >= 0.6 is 11.6 Å². The third-order valence-electron chi connectivity index (χ3n) is 4.75. The normalized spacial score (nSPS) is 16.2. The molecule has 23 heavy (non-hydrogen) atoms. The first kappa shape index (κ1) is 16.3. The van der Waals surface area contributed by atoms with Gasteiger partial charge in [-0.2, -0.15) is 0 Å². The fourth-order valence-corrected chi connectivity index (χ4v) is 3.47. The predicted octanol–water partition coefficient (Wildman–Crippen LogP) is 3.31. The van der Waals surface area contributed by atoms with Gasteiger partial charge in [-0.15, -0.1) is 0 Å². The number of fused-ring (bicyclic) bond motifs is 1. The van der Waals surface area contributed by atoms with E-state index in [4.69, 9.17) is 16.7 Å². The van der Waals surface area contributed by atoms with Gasteiger partial charge in [0.05, 0.1) is 0 Å². The maximum absolute atomic E-state index is 12.3. The second-order valence-electron chi connectivity index (χ2n) is 6.32. The molecule has 1 amide bonds. The average Bonchev–Trinajstić information content (AvgIpc) is 2.97. The van der Waals surface area contributed by atoms with Gasteiger partial charge in [0.1, 0.15) is 0 Å². The lowest BCUT2D eigenvalue weighted by Gasteiger charge is -2.31. The highest BCUT2D eigenvalue weighted by molar-refractivity contribution is 6.31. The van der Waals surface area contributed by atoms with Crippen molar-refractivity contribution in [3.05, 3.63) is 35.5 Å². The van der Waals surface area contributed by atoms with Crippen LogP contribution < -0.4 is 0 Å². The van der Waals surface area contributed by atoms with Crippen LogP contribution in [0.3, 0.4) is 0 Å². The molecule has 0 aliphatic carbocycles. The quantitative estimate of drug-likeness (QED) is 0.911. The Morgan fingerprint density at radius 2 is 2.04 bits per heavy atom. The molecule has 124 valence electrons. The number of hydrogen-bond acceptors (Lipinski definition) is 2. The highest BCUT2D eigenvalue weighted by atomic mass is 35.5. The highest BCUT2D eigenvalue weighted by Crippen LogP contribution is 2.21. The minimum absolute atomic E-state index is 0.237. The van der Waals surface area contributed by atoms with Gasteiger partial charge in [0.25, 0.3) is 0 Å². The Bertz CT molecular complexity index is 675. The van der Waals surface area contributed by atoms with E-state index in [0.29, 0.717) is 12.3 Å². The molecule has 1 aliphatic heterocycles. The third-order valence-corrected chi connectivity index (χ3v) is 4.98. The van der Waals surface area contributed by atoms with Crippen LogP contribution in [0.15, 0.2) is 30.5 Å². The van der Waals surface area contributed by atoms with Crippen molar-refractivity contribution in [3.8, 4) is 0 Å². The topological polar surface area (TPSA) is 45.5 Å². The van der Waals surface area contributed by atoms with Crippen molar-refractivity contribution in [1.82, 2.24) is 9.47 Å². The number of carbonyl (C=O) groups is 1. The molecule has 1 aromatic carbocycles. The number of nitrogens with zero attached hydrogens (tertiary/aromatic N) is 2. The highest BCUT2D eigenvalue weighted by Gasteiger charge is 2.21. The summed E-state index contributed by atoms with van der Waals surface area (Å²) in [6.45, 7) is 2.65. The Kier molecular flexibility index (Phi) is 5.23. The molecule has 0 unspecified atom stereocenters. The van der Waals surface area contributed by atoms with Gasteiger partial charge >= 0.3 is 0 Å². The number of benzene rings is 1. The van der Waals surface area contributed by atoms with E-state index in [9.17, 15) is 4.79 Å². The summed E-state index contributed by atoms with van der Waals surface area (Å²) in [5.74, 6) is 0.609.